The summed E-state index contributed by atoms with van der Waals surface area (Å²) in [5.74, 6) is -0.972. The van der Waals surface area contributed by atoms with Crippen LogP contribution < -0.4 is 9.44 Å². The zero-order chi connectivity index (χ0) is 13.5. The predicted octanol–water partition coefficient (Wildman–Crippen LogP) is 0.711. The molecule has 0 aliphatic carbocycles. The summed E-state index contributed by atoms with van der Waals surface area (Å²) in [7, 11) is -3.59. The van der Waals surface area contributed by atoms with Crippen LogP contribution >= 0.6 is 0 Å². The third kappa shape index (κ3) is 5.01. The molecule has 0 aromatic rings. The molecule has 0 aliphatic heterocycles. The van der Waals surface area contributed by atoms with Gasteiger partial charge in [0.05, 0.1) is 5.41 Å². The number of hydrogen-bond acceptors (Lipinski definition) is 3. The first kappa shape index (κ1) is 16.3. The maximum absolute atomic E-state index is 11.5. The Labute approximate surface area is 103 Å². The molecule has 0 atom stereocenters. The van der Waals surface area contributed by atoms with Crippen molar-refractivity contribution in [3.05, 3.63) is 0 Å². The lowest BCUT2D eigenvalue weighted by Gasteiger charge is -2.26. The van der Waals surface area contributed by atoms with Crippen molar-refractivity contribution < 1.29 is 18.3 Å². The van der Waals surface area contributed by atoms with E-state index in [2.05, 4.69) is 9.44 Å². The van der Waals surface area contributed by atoms with E-state index in [0.29, 0.717) is 25.8 Å². The second-order valence-corrected chi connectivity index (χ2v) is 5.60. The molecular weight excluding hydrogens is 244 g/mol. The molecule has 0 amide bonds. The van der Waals surface area contributed by atoms with Crippen molar-refractivity contribution >= 4 is 16.2 Å². The predicted molar refractivity (Wildman–Crippen MR) is 65.9 cm³/mol. The van der Waals surface area contributed by atoms with Crippen molar-refractivity contribution in [3.8, 4) is 0 Å². The van der Waals surface area contributed by atoms with Crippen LogP contribution in [-0.4, -0.2) is 32.6 Å². The summed E-state index contributed by atoms with van der Waals surface area (Å²) in [4.78, 5) is 11.2. The topological polar surface area (TPSA) is 95.5 Å². The third-order valence-electron chi connectivity index (χ3n) is 2.95. The van der Waals surface area contributed by atoms with E-state index < -0.39 is 21.6 Å². The highest BCUT2D eigenvalue weighted by Crippen LogP contribution is 2.25. The van der Waals surface area contributed by atoms with E-state index in [4.69, 9.17) is 5.11 Å². The van der Waals surface area contributed by atoms with Gasteiger partial charge in [0.2, 0.25) is 0 Å². The molecule has 0 radical (unpaired) electrons. The van der Waals surface area contributed by atoms with E-state index in [1.54, 1.807) is 13.8 Å². The Morgan fingerprint density at radius 2 is 1.71 bits per heavy atom. The van der Waals surface area contributed by atoms with E-state index >= 15 is 0 Å². The fourth-order valence-electron chi connectivity index (χ4n) is 1.40. The van der Waals surface area contributed by atoms with Gasteiger partial charge in [0, 0.05) is 13.1 Å². The zero-order valence-corrected chi connectivity index (χ0v) is 11.4. The normalized spacial score (nSPS) is 12.6. The molecule has 3 N–H and O–H groups in total. The Kier molecular flexibility index (Phi) is 6.66. The number of rotatable bonds is 9. The van der Waals surface area contributed by atoms with Gasteiger partial charge in [-0.2, -0.15) is 8.42 Å². The van der Waals surface area contributed by atoms with Crippen LogP contribution in [0.5, 0.6) is 0 Å². The van der Waals surface area contributed by atoms with Crippen molar-refractivity contribution in [2.24, 2.45) is 5.41 Å². The Hall–Kier alpha value is -0.660. The fraction of sp³-hybridized carbons (Fsp3) is 0.900. The quantitative estimate of drug-likeness (QED) is 0.573. The highest BCUT2D eigenvalue weighted by molar-refractivity contribution is 7.87. The monoisotopic (exact) mass is 266 g/mol. The molecule has 0 spiro atoms. The third-order valence-corrected chi connectivity index (χ3v) is 4.06. The molecule has 0 aromatic carbocycles. The summed E-state index contributed by atoms with van der Waals surface area (Å²) >= 11 is 0. The van der Waals surface area contributed by atoms with Gasteiger partial charge >= 0.3 is 5.97 Å². The Morgan fingerprint density at radius 1 is 1.18 bits per heavy atom. The molecule has 17 heavy (non-hydrogen) atoms. The van der Waals surface area contributed by atoms with Gasteiger partial charge in [0.25, 0.3) is 10.2 Å². The number of aliphatic carboxylic acids is 1. The summed E-state index contributed by atoms with van der Waals surface area (Å²) in [6, 6.07) is 0. The van der Waals surface area contributed by atoms with Gasteiger partial charge in [0.15, 0.2) is 0 Å². The van der Waals surface area contributed by atoms with Gasteiger partial charge in [-0.3, -0.25) is 4.79 Å². The molecule has 0 fully saturated rings. The van der Waals surface area contributed by atoms with Gasteiger partial charge in [0.1, 0.15) is 0 Å². The first-order chi connectivity index (χ1) is 7.83. The molecule has 0 bridgehead atoms. The van der Waals surface area contributed by atoms with Crippen molar-refractivity contribution in [1.82, 2.24) is 9.44 Å². The number of carboxylic acids is 1. The summed E-state index contributed by atoms with van der Waals surface area (Å²) in [5.41, 5.74) is -1.03. The fourth-order valence-corrected chi connectivity index (χ4v) is 2.44. The summed E-state index contributed by atoms with van der Waals surface area (Å²) in [6.45, 7) is 5.58. The van der Waals surface area contributed by atoms with Crippen LogP contribution in [0, 0.1) is 5.41 Å². The van der Waals surface area contributed by atoms with E-state index in [9.17, 15) is 13.2 Å². The highest BCUT2D eigenvalue weighted by Gasteiger charge is 2.35. The molecule has 102 valence electrons. The van der Waals surface area contributed by atoms with Gasteiger partial charge in [-0.25, -0.2) is 9.44 Å². The lowest BCUT2D eigenvalue weighted by atomic mass is 9.83. The maximum atomic E-state index is 11.5. The standard InChI is InChI=1S/C10H22N2O4S/c1-4-7-11-17(15,16)12-8-10(5-2,6-3)9(13)14/h11-12H,4-8H2,1-3H3,(H,13,14). The van der Waals surface area contributed by atoms with E-state index in [1.165, 1.54) is 0 Å². The molecular formula is C10H22N2O4S. The minimum Gasteiger partial charge on any atom is -0.481 e. The minimum absolute atomic E-state index is 0.0889. The molecule has 0 heterocycles. The van der Waals surface area contributed by atoms with Crippen LogP contribution in [0.3, 0.4) is 0 Å². The van der Waals surface area contributed by atoms with Crippen molar-refractivity contribution in [3.63, 3.8) is 0 Å². The molecule has 6 nitrogen and oxygen atoms in total. The van der Waals surface area contributed by atoms with Crippen LogP contribution in [0.1, 0.15) is 40.0 Å². The lowest BCUT2D eigenvalue weighted by Crippen LogP contribution is -2.46. The Bertz CT molecular complexity index is 336. The van der Waals surface area contributed by atoms with Crippen molar-refractivity contribution in [1.29, 1.82) is 0 Å². The zero-order valence-electron chi connectivity index (χ0n) is 10.6. The maximum Gasteiger partial charge on any atom is 0.310 e. The first-order valence-corrected chi connectivity index (χ1v) is 7.29. The number of nitrogens with one attached hydrogen (secondary N) is 2. The smallest absolute Gasteiger partial charge is 0.310 e. The lowest BCUT2D eigenvalue weighted by molar-refractivity contribution is -0.149. The van der Waals surface area contributed by atoms with E-state index in [-0.39, 0.29) is 6.54 Å². The summed E-state index contributed by atoms with van der Waals surface area (Å²) in [5, 5.41) is 9.14. The summed E-state index contributed by atoms with van der Waals surface area (Å²) in [6.07, 6.45) is 1.46. The largest absolute Gasteiger partial charge is 0.481 e. The Morgan fingerprint density at radius 3 is 2.06 bits per heavy atom. The first-order valence-electron chi connectivity index (χ1n) is 5.81. The van der Waals surface area contributed by atoms with Crippen LogP contribution in [0.15, 0.2) is 0 Å². The molecule has 0 unspecified atom stereocenters. The highest BCUT2D eigenvalue weighted by atomic mass is 32.2. The molecule has 0 aliphatic rings. The van der Waals surface area contributed by atoms with Crippen molar-refractivity contribution in [2.75, 3.05) is 13.1 Å². The minimum atomic E-state index is -3.59. The number of carboxylic acid groups (broad SMARTS) is 1. The average Bonchev–Trinajstić information content (AvgIpc) is 2.28. The van der Waals surface area contributed by atoms with Gasteiger partial charge in [-0.1, -0.05) is 20.8 Å². The van der Waals surface area contributed by atoms with Crippen LogP contribution in [0.2, 0.25) is 0 Å². The SMILES string of the molecule is CCCNS(=O)(=O)NCC(CC)(CC)C(=O)O. The number of hydrogen-bond donors (Lipinski definition) is 3. The van der Waals surface area contributed by atoms with Crippen molar-refractivity contribution in [2.45, 2.75) is 40.0 Å². The Balaban J connectivity index is 4.56. The van der Waals surface area contributed by atoms with Crippen LogP contribution in [0.25, 0.3) is 0 Å². The second-order valence-electron chi connectivity index (χ2n) is 4.01. The summed E-state index contributed by atoms with van der Waals surface area (Å²) < 4.78 is 27.6. The van der Waals surface area contributed by atoms with Gasteiger partial charge in [-0.05, 0) is 19.3 Å². The van der Waals surface area contributed by atoms with Crippen LogP contribution in [-0.2, 0) is 15.0 Å². The van der Waals surface area contributed by atoms with Gasteiger partial charge in [-0.15, -0.1) is 0 Å². The molecule has 0 rings (SSSR count). The van der Waals surface area contributed by atoms with Crippen LogP contribution in [0.4, 0.5) is 0 Å². The van der Waals surface area contributed by atoms with E-state index in [0.717, 1.165) is 0 Å². The molecule has 0 aromatic heterocycles. The average molecular weight is 266 g/mol. The molecule has 0 saturated heterocycles. The second kappa shape index (κ2) is 6.93. The van der Waals surface area contributed by atoms with E-state index in [1.807, 2.05) is 6.92 Å². The number of carbonyl (C=O) groups is 1. The molecule has 7 heteroatoms. The van der Waals surface area contributed by atoms with Gasteiger partial charge < -0.3 is 5.11 Å². The molecule has 0 saturated carbocycles.